The molecule has 1 aliphatic heterocycles. The molecule has 0 spiro atoms. The number of benzene rings is 1. The van der Waals surface area contributed by atoms with Crippen LogP contribution in [0.2, 0.25) is 0 Å². The Morgan fingerprint density at radius 1 is 1.43 bits per heavy atom. The van der Waals surface area contributed by atoms with E-state index < -0.39 is 0 Å². The third kappa shape index (κ3) is 2.89. The first-order chi connectivity index (χ1) is 10.1. The van der Waals surface area contributed by atoms with Crippen LogP contribution in [-0.2, 0) is 11.2 Å². The molecule has 0 bridgehead atoms. The van der Waals surface area contributed by atoms with Crippen LogP contribution in [0, 0.1) is 6.92 Å². The number of amides is 1. The van der Waals surface area contributed by atoms with Crippen molar-refractivity contribution in [2.75, 3.05) is 6.54 Å². The van der Waals surface area contributed by atoms with Crippen LogP contribution in [0.5, 0.6) is 5.75 Å². The van der Waals surface area contributed by atoms with Gasteiger partial charge in [-0.15, -0.1) is 0 Å². The summed E-state index contributed by atoms with van der Waals surface area (Å²) in [6.07, 6.45) is 2.64. The summed E-state index contributed by atoms with van der Waals surface area (Å²) in [5.74, 6) is 0.877. The van der Waals surface area contributed by atoms with E-state index in [9.17, 15) is 4.79 Å². The second-order valence-corrected chi connectivity index (χ2v) is 5.37. The molecule has 0 saturated carbocycles. The van der Waals surface area contributed by atoms with Crippen molar-refractivity contribution in [1.82, 2.24) is 10.3 Å². The van der Waals surface area contributed by atoms with Crippen LogP contribution in [0.25, 0.3) is 11.3 Å². The summed E-state index contributed by atoms with van der Waals surface area (Å²) < 4.78 is 5.84. The Morgan fingerprint density at radius 3 is 3.05 bits per heavy atom. The van der Waals surface area contributed by atoms with Crippen LogP contribution in [0.3, 0.4) is 0 Å². The van der Waals surface area contributed by atoms with Gasteiger partial charge in [0.1, 0.15) is 11.9 Å². The van der Waals surface area contributed by atoms with Crippen LogP contribution in [0.15, 0.2) is 36.5 Å². The van der Waals surface area contributed by atoms with E-state index >= 15 is 0 Å². The Kier molecular flexibility index (Phi) is 3.60. The number of nitrogens with one attached hydrogen (secondary N) is 1. The van der Waals surface area contributed by atoms with Crippen LogP contribution in [0.4, 0.5) is 0 Å². The maximum atomic E-state index is 11.0. The Hall–Kier alpha value is -2.36. The summed E-state index contributed by atoms with van der Waals surface area (Å²) in [5, 5.41) is 2.80. The van der Waals surface area contributed by atoms with Gasteiger partial charge in [-0.2, -0.15) is 0 Å². The highest BCUT2D eigenvalue weighted by atomic mass is 16.5. The van der Waals surface area contributed by atoms with E-state index in [0.29, 0.717) is 6.54 Å². The smallest absolute Gasteiger partial charge is 0.217 e. The average molecular weight is 282 g/mol. The van der Waals surface area contributed by atoms with Crippen molar-refractivity contribution in [2.24, 2.45) is 0 Å². The molecule has 2 aromatic rings. The Balaban J connectivity index is 1.81. The first-order valence-electron chi connectivity index (χ1n) is 7.09. The predicted octanol–water partition coefficient (Wildman–Crippen LogP) is 2.50. The molecule has 1 amide bonds. The lowest BCUT2D eigenvalue weighted by molar-refractivity contribution is -0.119. The number of ether oxygens (including phenoxy) is 1. The van der Waals surface area contributed by atoms with Crippen molar-refractivity contribution < 1.29 is 9.53 Å². The van der Waals surface area contributed by atoms with Gasteiger partial charge in [-0.1, -0.05) is 6.07 Å². The molecule has 1 aromatic carbocycles. The van der Waals surface area contributed by atoms with E-state index in [0.717, 1.165) is 29.0 Å². The van der Waals surface area contributed by atoms with Crippen molar-refractivity contribution in [2.45, 2.75) is 26.4 Å². The molecule has 1 atom stereocenters. The van der Waals surface area contributed by atoms with Gasteiger partial charge in [0.25, 0.3) is 0 Å². The Morgan fingerprint density at radius 2 is 2.29 bits per heavy atom. The van der Waals surface area contributed by atoms with Gasteiger partial charge in [0.05, 0.1) is 12.2 Å². The van der Waals surface area contributed by atoms with Crippen LogP contribution >= 0.6 is 0 Å². The monoisotopic (exact) mass is 282 g/mol. The molecule has 1 N–H and O–H groups in total. The molecule has 4 heteroatoms. The van der Waals surface area contributed by atoms with Gasteiger partial charge in [-0.25, -0.2) is 0 Å². The number of aryl methyl sites for hydroxylation is 1. The number of carbonyl (C=O) groups is 1. The first-order valence-corrected chi connectivity index (χ1v) is 7.09. The molecule has 0 unspecified atom stereocenters. The van der Waals surface area contributed by atoms with Gasteiger partial charge >= 0.3 is 0 Å². The lowest BCUT2D eigenvalue weighted by Crippen LogP contribution is -2.32. The molecule has 1 aliphatic rings. The summed E-state index contributed by atoms with van der Waals surface area (Å²) in [6.45, 7) is 4.12. The number of hydrogen-bond acceptors (Lipinski definition) is 3. The summed E-state index contributed by atoms with van der Waals surface area (Å²) in [4.78, 5) is 15.4. The van der Waals surface area contributed by atoms with Gasteiger partial charge in [-0.3, -0.25) is 9.78 Å². The van der Waals surface area contributed by atoms with E-state index in [2.05, 4.69) is 29.4 Å². The van der Waals surface area contributed by atoms with E-state index in [-0.39, 0.29) is 12.0 Å². The van der Waals surface area contributed by atoms with E-state index in [1.54, 1.807) is 0 Å². The highest BCUT2D eigenvalue weighted by molar-refractivity contribution is 5.72. The third-order valence-corrected chi connectivity index (χ3v) is 3.66. The molecule has 0 radical (unpaired) electrons. The van der Waals surface area contributed by atoms with Crippen molar-refractivity contribution in [3.63, 3.8) is 0 Å². The fraction of sp³-hybridized carbons (Fsp3) is 0.294. The molecule has 2 heterocycles. The maximum Gasteiger partial charge on any atom is 0.217 e. The minimum atomic E-state index is -0.0284. The van der Waals surface area contributed by atoms with Gasteiger partial charge in [0.2, 0.25) is 5.91 Å². The average Bonchev–Trinajstić information content (AvgIpc) is 2.87. The molecule has 21 heavy (non-hydrogen) atoms. The van der Waals surface area contributed by atoms with Gasteiger partial charge in [0.15, 0.2) is 0 Å². The number of nitrogens with zero attached hydrogens (tertiary/aromatic N) is 1. The van der Waals surface area contributed by atoms with Crippen molar-refractivity contribution in [1.29, 1.82) is 0 Å². The zero-order valence-electron chi connectivity index (χ0n) is 12.2. The van der Waals surface area contributed by atoms with Crippen molar-refractivity contribution >= 4 is 5.91 Å². The second kappa shape index (κ2) is 5.56. The molecular formula is C17H18N2O2. The number of aromatic nitrogens is 1. The van der Waals surface area contributed by atoms with E-state index in [1.807, 2.05) is 24.4 Å². The van der Waals surface area contributed by atoms with Crippen LogP contribution in [-0.4, -0.2) is 23.5 Å². The number of carbonyl (C=O) groups excluding carboxylic acids is 1. The molecule has 3 rings (SSSR count). The second-order valence-electron chi connectivity index (χ2n) is 5.37. The van der Waals surface area contributed by atoms with Gasteiger partial charge in [0, 0.05) is 25.1 Å². The third-order valence-electron chi connectivity index (χ3n) is 3.66. The van der Waals surface area contributed by atoms with E-state index in [1.165, 1.54) is 12.5 Å². The molecule has 1 aromatic heterocycles. The zero-order chi connectivity index (χ0) is 14.8. The number of rotatable bonds is 3. The Bertz CT molecular complexity index is 682. The van der Waals surface area contributed by atoms with Crippen LogP contribution < -0.4 is 10.1 Å². The fourth-order valence-corrected chi connectivity index (χ4v) is 2.63. The molecular weight excluding hydrogens is 264 g/mol. The molecule has 4 nitrogen and oxygen atoms in total. The largest absolute Gasteiger partial charge is 0.488 e. The number of pyridine rings is 1. The topological polar surface area (TPSA) is 51.2 Å². The first kappa shape index (κ1) is 13.6. The minimum absolute atomic E-state index is 0.0176. The molecule has 0 saturated heterocycles. The van der Waals surface area contributed by atoms with Crippen molar-refractivity contribution in [3.05, 3.63) is 47.7 Å². The predicted molar refractivity (Wildman–Crippen MR) is 81.2 cm³/mol. The standard InChI is InChI=1S/C17H18N2O2/c1-11-4-3-7-18-17(11)13-5-6-16-14(8-13)9-15(21-16)10-19-12(2)20/h3-8,15H,9-10H2,1-2H3,(H,19,20)/t15-/m0/s1. The fourth-order valence-electron chi connectivity index (χ4n) is 2.63. The summed E-state index contributed by atoms with van der Waals surface area (Å²) in [7, 11) is 0. The minimum Gasteiger partial charge on any atom is -0.488 e. The maximum absolute atomic E-state index is 11.0. The van der Waals surface area contributed by atoms with Gasteiger partial charge in [-0.05, 0) is 42.3 Å². The SMILES string of the molecule is CC(=O)NC[C@@H]1Cc2cc(-c3ncccc3C)ccc2O1. The van der Waals surface area contributed by atoms with Crippen LogP contribution in [0.1, 0.15) is 18.1 Å². The normalized spacial score (nSPS) is 16.2. The zero-order valence-corrected chi connectivity index (χ0v) is 12.2. The van der Waals surface area contributed by atoms with Gasteiger partial charge < -0.3 is 10.1 Å². The molecule has 0 aliphatic carbocycles. The number of hydrogen-bond donors (Lipinski definition) is 1. The number of fused-ring (bicyclic) bond motifs is 1. The Labute approximate surface area is 124 Å². The molecule has 108 valence electrons. The highest BCUT2D eigenvalue weighted by Gasteiger charge is 2.23. The molecule has 0 fully saturated rings. The highest BCUT2D eigenvalue weighted by Crippen LogP contribution is 2.33. The quantitative estimate of drug-likeness (QED) is 0.941. The lowest BCUT2D eigenvalue weighted by atomic mass is 10.0. The van der Waals surface area contributed by atoms with E-state index in [4.69, 9.17) is 4.74 Å². The summed E-state index contributed by atoms with van der Waals surface area (Å²) in [6, 6.07) is 10.2. The summed E-state index contributed by atoms with van der Waals surface area (Å²) >= 11 is 0. The summed E-state index contributed by atoms with van der Waals surface area (Å²) in [5.41, 5.74) is 4.44. The van der Waals surface area contributed by atoms with Crippen molar-refractivity contribution in [3.8, 4) is 17.0 Å². The lowest BCUT2D eigenvalue weighted by Gasteiger charge is -2.10.